The Bertz CT molecular complexity index is 396. The van der Waals surface area contributed by atoms with Crippen LogP contribution in [0.2, 0.25) is 5.02 Å². The molecule has 6 heteroatoms. The van der Waals surface area contributed by atoms with Crippen molar-refractivity contribution in [3.05, 3.63) is 23.0 Å². The van der Waals surface area contributed by atoms with Crippen LogP contribution in [0, 0.1) is 5.82 Å². The molecule has 0 saturated carbocycles. The van der Waals surface area contributed by atoms with Crippen molar-refractivity contribution in [2.24, 2.45) is 10.7 Å². The van der Waals surface area contributed by atoms with Gasteiger partial charge in [-0.3, -0.25) is 0 Å². The summed E-state index contributed by atoms with van der Waals surface area (Å²) in [4.78, 5) is 3.76. The van der Waals surface area contributed by atoms with Gasteiger partial charge in [0.25, 0.3) is 0 Å². The minimum atomic E-state index is -0.655. The van der Waals surface area contributed by atoms with Crippen LogP contribution in [0.3, 0.4) is 0 Å². The van der Waals surface area contributed by atoms with Crippen molar-refractivity contribution in [2.75, 3.05) is 13.0 Å². The summed E-state index contributed by atoms with van der Waals surface area (Å²) < 4.78 is 18.4. The Morgan fingerprint density at radius 2 is 2.27 bits per heavy atom. The van der Waals surface area contributed by atoms with E-state index >= 15 is 0 Å². The molecule has 0 radical (unpaired) electrons. The van der Waals surface area contributed by atoms with Gasteiger partial charge in [0.15, 0.2) is 11.6 Å². The van der Waals surface area contributed by atoms with Crippen LogP contribution >= 0.6 is 23.2 Å². The molecule has 0 atom stereocenters. The quantitative estimate of drug-likeness (QED) is 0.510. The number of nitrogens with zero attached hydrogens (tertiary/aromatic N) is 1. The standard InChI is InChI=1S/C9H9Cl2FN2O/c1-15-6-3-2-5(11)9(8(6)12)14-7(13)4-10/h2-3H,4H2,1H3,(H2,13,14). The third-order valence-corrected chi connectivity index (χ3v) is 2.22. The summed E-state index contributed by atoms with van der Waals surface area (Å²) in [6, 6.07) is 2.89. The zero-order valence-electron chi connectivity index (χ0n) is 7.93. The second kappa shape index (κ2) is 5.19. The Balaban J connectivity index is 3.27. The van der Waals surface area contributed by atoms with Gasteiger partial charge in [0.1, 0.15) is 11.5 Å². The lowest BCUT2D eigenvalue weighted by Crippen LogP contribution is -2.12. The molecule has 0 unspecified atom stereocenters. The van der Waals surface area contributed by atoms with Crippen LogP contribution in [-0.2, 0) is 0 Å². The fourth-order valence-electron chi connectivity index (χ4n) is 0.956. The second-order valence-corrected chi connectivity index (χ2v) is 3.32. The molecule has 0 bridgehead atoms. The van der Waals surface area contributed by atoms with E-state index in [4.69, 9.17) is 33.7 Å². The van der Waals surface area contributed by atoms with E-state index in [1.165, 1.54) is 19.2 Å². The molecule has 1 aromatic rings. The van der Waals surface area contributed by atoms with Gasteiger partial charge in [-0.05, 0) is 12.1 Å². The molecular formula is C9H9Cl2FN2O. The first-order valence-corrected chi connectivity index (χ1v) is 4.92. The Kier molecular flexibility index (Phi) is 4.17. The van der Waals surface area contributed by atoms with Crippen molar-refractivity contribution in [3.63, 3.8) is 0 Å². The van der Waals surface area contributed by atoms with Crippen molar-refractivity contribution in [2.45, 2.75) is 0 Å². The SMILES string of the molecule is COc1ccc(Cl)c(N=C(N)CCl)c1F. The zero-order valence-corrected chi connectivity index (χ0v) is 9.44. The Morgan fingerprint density at radius 3 is 2.80 bits per heavy atom. The third kappa shape index (κ3) is 2.73. The molecular weight excluding hydrogens is 242 g/mol. The minimum Gasteiger partial charge on any atom is -0.494 e. The number of halogens is 3. The highest BCUT2D eigenvalue weighted by atomic mass is 35.5. The molecule has 0 aliphatic carbocycles. The van der Waals surface area contributed by atoms with Crippen molar-refractivity contribution in [1.82, 2.24) is 0 Å². The lowest BCUT2D eigenvalue weighted by Gasteiger charge is -2.06. The van der Waals surface area contributed by atoms with Gasteiger partial charge in [0.05, 0.1) is 18.0 Å². The van der Waals surface area contributed by atoms with Crippen LogP contribution in [0.5, 0.6) is 5.75 Å². The first kappa shape index (κ1) is 12.1. The highest BCUT2D eigenvalue weighted by Crippen LogP contribution is 2.33. The Hall–Kier alpha value is -1.00. The first-order valence-electron chi connectivity index (χ1n) is 4.01. The molecule has 0 aromatic heterocycles. The summed E-state index contributed by atoms with van der Waals surface area (Å²) in [6.45, 7) is 0. The van der Waals surface area contributed by atoms with E-state index in [-0.39, 0.29) is 28.2 Å². The zero-order chi connectivity index (χ0) is 11.4. The average molecular weight is 251 g/mol. The van der Waals surface area contributed by atoms with Crippen LogP contribution in [-0.4, -0.2) is 18.8 Å². The van der Waals surface area contributed by atoms with Crippen molar-refractivity contribution < 1.29 is 9.13 Å². The van der Waals surface area contributed by atoms with E-state index in [1.807, 2.05) is 0 Å². The summed E-state index contributed by atoms with van der Waals surface area (Å²) in [5.74, 6) is -0.503. The molecule has 2 N–H and O–H groups in total. The predicted molar refractivity (Wildman–Crippen MR) is 60.0 cm³/mol. The molecule has 0 fully saturated rings. The smallest absolute Gasteiger partial charge is 0.192 e. The van der Waals surface area contributed by atoms with E-state index in [1.54, 1.807) is 0 Å². The number of nitrogens with two attached hydrogens (primary N) is 1. The van der Waals surface area contributed by atoms with E-state index in [0.29, 0.717) is 0 Å². The topological polar surface area (TPSA) is 47.6 Å². The minimum absolute atomic E-state index is 0.00692. The van der Waals surface area contributed by atoms with E-state index < -0.39 is 5.82 Å². The number of amidine groups is 1. The Morgan fingerprint density at radius 1 is 1.60 bits per heavy atom. The molecule has 1 rings (SSSR count). The number of rotatable bonds is 3. The summed E-state index contributed by atoms with van der Waals surface area (Å²) in [5, 5.41) is 0.154. The number of ether oxygens (including phenoxy) is 1. The van der Waals surface area contributed by atoms with Gasteiger partial charge in [-0.15, -0.1) is 11.6 Å². The lowest BCUT2D eigenvalue weighted by atomic mass is 10.3. The molecule has 82 valence electrons. The molecule has 3 nitrogen and oxygen atoms in total. The molecule has 15 heavy (non-hydrogen) atoms. The maximum atomic E-state index is 13.6. The van der Waals surface area contributed by atoms with Gasteiger partial charge in [-0.2, -0.15) is 0 Å². The third-order valence-electron chi connectivity index (χ3n) is 1.64. The van der Waals surface area contributed by atoms with Crippen LogP contribution < -0.4 is 10.5 Å². The van der Waals surface area contributed by atoms with Gasteiger partial charge in [-0.1, -0.05) is 11.6 Å². The summed E-state index contributed by atoms with van der Waals surface area (Å²) in [7, 11) is 1.35. The van der Waals surface area contributed by atoms with Crippen LogP contribution in [0.25, 0.3) is 0 Å². The predicted octanol–water partition coefficient (Wildman–Crippen LogP) is 2.72. The van der Waals surface area contributed by atoms with E-state index in [0.717, 1.165) is 0 Å². The maximum absolute atomic E-state index is 13.6. The van der Waals surface area contributed by atoms with E-state index in [9.17, 15) is 4.39 Å². The number of alkyl halides is 1. The number of hydrogen-bond donors (Lipinski definition) is 1. The van der Waals surface area contributed by atoms with Crippen LogP contribution in [0.4, 0.5) is 10.1 Å². The highest BCUT2D eigenvalue weighted by molar-refractivity contribution is 6.33. The normalized spacial score (nSPS) is 11.6. The number of methoxy groups -OCH3 is 1. The summed E-state index contributed by atoms with van der Waals surface area (Å²) >= 11 is 11.2. The molecule has 0 aliphatic rings. The van der Waals surface area contributed by atoms with E-state index in [2.05, 4.69) is 4.99 Å². The molecule has 0 saturated heterocycles. The van der Waals surface area contributed by atoms with Gasteiger partial charge in [0.2, 0.25) is 0 Å². The molecule has 0 aliphatic heterocycles. The molecule has 0 heterocycles. The summed E-state index contributed by atoms with van der Waals surface area (Å²) in [6.07, 6.45) is 0. The van der Waals surface area contributed by atoms with Gasteiger partial charge < -0.3 is 10.5 Å². The second-order valence-electron chi connectivity index (χ2n) is 2.65. The maximum Gasteiger partial charge on any atom is 0.192 e. The molecule has 0 amide bonds. The lowest BCUT2D eigenvalue weighted by molar-refractivity contribution is 0.387. The van der Waals surface area contributed by atoms with Crippen LogP contribution in [0.1, 0.15) is 0 Å². The monoisotopic (exact) mass is 250 g/mol. The number of hydrogen-bond acceptors (Lipinski definition) is 2. The fourth-order valence-corrected chi connectivity index (χ4v) is 1.20. The average Bonchev–Trinajstić information content (AvgIpc) is 2.24. The summed E-state index contributed by atoms with van der Waals surface area (Å²) in [5.41, 5.74) is 5.33. The van der Waals surface area contributed by atoms with Gasteiger partial charge in [0, 0.05) is 0 Å². The van der Waals surface area contributed by atoms with Gasteiger partial charge >= 0.3 is 0 Å². The first-order chi connectivity index (χ1) is 7.10. The van der Waals surface area contributed by atoms with Gasteiger partial charge in [-0.25, -0.2) is 9.38 Å². The Labute approximate surface area is 96.6 Å². The van der Waals surface area contributed by atoms with Crippen LogP contribution in [0.15, 0.2) is 17.1 Å². The largest absolute Gasteiger partial charge is 0.494 e. The number of benzene rings is 1. The van der Waals surface area contributed by atoms with Crippen molar-refractivity contribution >= 4 is 34.7 Å². The highest BCUT2D eigenvalue weighted by Gasteiger charge is 2.12. The molecule has 1 aromatic carbocycles. The fraction of sp³-hybridized carbons (Fsp3) is 0.222. The molecule has 0 spiro atoms. The van der Waals surface area contributed by atoms with Crippen molar-refractivity contribution in [1.29, 1.82) is 0 Å². The van der Waals surface area contributed by atoms with Crippen molar-refractivity contribution in [3.8, 4) is 5.75 Å². The number of aliphatic imine (C=N–C) groups is 1.